The molecule has 0 aromatic carbocycles. The molecule has 1 unspecified atom stereocenters. The van der Waals surface area contributed by atoms with Crippen molar-refractivity contribution in [2.75, 3.05) is 19.6 Å². The Morgan fingerprint density at radius 3 is 2.41 bits per heavy atom. The van der Waals surface area contributed by atoms with Crippen LogP contribution < -0.4 is 5.32 Å². The molecule has 0 aromatic heterocycles. The van der Waals surface area contributed by atoms with Gasteiger partial charge in [0.25, 0.3) is 0 Å². The Morgan fingerprint density at radius 2 is 1.76 bits per heavy atom. The lowest BCUT2D eigenvalue weighted by atomic mass is 9.94. The van der Waals surface area contributed by atoms with Crippen molar-refractivity contribution in [1.29, 1.82) is 0 Å². The smallest absolute Gasteiger partial charge is 0.00966 e. The Balaban J connectivity index is 1.71. The van der Waals surface area contributed by atoms with Crippen LogP contribution in [0.25, 0.3) is 0 Å². The number of nitrogens with one attached hydrogen (secondary N) is 1. The molecular formula is C15H30N2. The van der Waals surface area contributed by atoms with Gasteiger partial charge in [-0.2, -0.15) is 0 Å². The van der Waals surface area contributed by atoms with E-state index in [1.165, 1.54) is 58.2 Å². The zero-order valence-electron chi connectivity index (χ0n) is 12.0. The predicted molar refractivity (Wildman–Crippen MR) is 74.3 cm³/mol. The van der Waals surface area contributed by atoms with E-state index in [-0.39, 0.29) is 5.54 Å². The summed E-state index contributed by atoms with van der Waals surface area (Å²) in [4.78, 5) is 2.77. The second kappa shape index (κ2) is 5.71. The van der Waals surface area contributed by atoms with Crippen molar-refractivity contribution in [1.82, 2.24) is 10.2 Å². The normalized spacial score (nSPS) is 28.8. The van der Waals surface area contributed by atoms with Crippen LogP contribution in [0.15, 0.2) is 0 Å². The standard InChI is InChI=1S/C15H30N2/c1-15(2,3)16-11-13-9-10-17(12-13)14-7-5-4-6-8-14/h13-14,16H,4-12H2,1-3H3. The molecule has 2 aliphatic rings. The van der Waals surface area contributed by atoms with E-state index in [4.69, 9.17) is 0 Å². The van der Waals surface area contributed by atoms with Gasteiger partial charge in [-0.15, -0.1) is 0 Å². The molecule has 2 fully saturated rings. The zero-order chi connectivity index (χ0) is 12.3. The van der Waals surface area contributed by atoms with Crippen molar-refractivity contribution in [3.63, 3.8) is 0 Å². The third-order valence-electron chi connectivity index (χ3n) is 4.33. The summed E-state index contributed by atoms with van der Waals surface area (Å²) < 4.78 is 0. The van der Waals surface area contributed by atoms with Gasteiger partial charge in [-0.3, -0.25) is 0 Å². The molecular weight excluding hydrogens is 208 g/mol. The molecule has 100 valence electrons. The number of hydrogen-bond donors (Lipinski definition) is 1. The van der Waals surface area contributed by atoms with Gasteiger partial charge < -0.3 is 10.2 Å². The number of rotatable bonds is 3. The van der Waals surface area contributed by atoms with Gasteiger partial charge in [-0.25, -0.2) is 0 Å². The largest absolute Gasteiger partial charge is 0.312 e. The Bertz CT molecular complexity index is 226. The number of hydrogen-bond acceptors (Lipinski definition) is 2. The van der Waals surface area contributed by atoms with Gasteiger partial charge in [0.2, 0.25) is 0 Å². The van der Waals surface area contributed by atoms with E-state index in [1.54, 1.807) is 0 Å². The van der Waals surface area contributed by atoms with E-state index in [0.717, 1.165) is 12.0 Å². The van der Waals surface area contributed by atoms with Gasteiger partial charge >= 0.3 is 0 Å². The molecule has 17 heavy (non-hydrogen) atoms. The lowest BCUT2D eigenvalue weighted by Crippen LogP contribution is -2.40. The SMILES string of the molecule is CC(C)(C)NCC1CCN(C2CCCCC2)C1. The lowest BCUT2D eigenvalue weighted by molar-refractivity contribution is 0.184. The Kier molecular flexibility index (Phi) is 4.48. The highest BCUT2D eigenvalue weighted by Gasteiger charge is 2.29. The number of likely N-dealkylation sites (tertiary alicyclic amines) is 1. The average molecular weight is 238 g/mol. The highest BCUT2D eigenvalue weighted by molar-refractivity contribution is 4.85. The molecule has 1 N–H and O–H groups in total. The second-order valence-corrected chi connectivity index (χ2v) is 7.07. The summed E-state index contributed by atoms with van der Waals surface area (Å²) in [5.41, 5.74) is 0.276. The minimum atomic E-state index is 0.276. The van der Waals surface area contributed by atoms with Crippen LogP contribution in [0.2, 0.25) is 0 Å². The van der Waals surface area contributed by atoms with Crippen molar-refractivity contribution in [3.8, 4) is 0 Å². The summed E-state index contributed by atoms with van der Waals surface area (Å²) in [6.45, 7) is 10.7. The summed E-state index contributed by atoms with van der Waals surface area (Å²) in [7, 11) is 0. The van der Waals surface area contributed by atoms with Crippen LogP contribution in [0, 0.1) is 5.92 Å². The first-order valence-corrected chi connectivity index (χ1v) is 7.54. The van der Waals surface area contributed by atoms with Crippen LogP contribution in [0.3, 0.4) is 0 Å². The average Bonchev–Trinajstić information content (AvgIpc) is 2.75. The third kappa shape index (κ3) is 4.26. The van der Waals surface area contributed by atoms with E-state index >= 15 is 0 Å². The van der Waals surface area contributed by atoms with Gasteiger partial charge in [-0.1, -0.05) is 19.3 Å². The van der Waals surface area contributed by atoms with E-state index < -0.39 is 0 Å². The Labute approximate surface area is 107 Å². The molecule has 1 saturated heterocycles. The fourth-order valence-corrected chi connectivity index (χ4v) is 3.26. The summed E-state index contributed by atoms with van der Waals surface area (Å²) >= 11 is 0. The summed E-state index contributed by atoms with van der Waals surface area (Å²) in [5, 5.41) is 3.66. The quantitative estimate of drug-likeness (QED) is 0.813. The topological polar surface area (TPSA) is 15.3 Å². The van der Waals surface area contributed by atoms with Crippen LogP contribution >= 0.6 is 0 Å². The van der Waals surface area contributed by atoms with Crippen LogP contribution in [0.5, 0.6) is 0 Å². The molecule has 1 atom stereocenters. The fourth-order valence-electron chi connectivity index (χ4n) is 3.26. The van der Waals surface area contributed by atoms with Crippen LogP contribution in [-0.4, -0.2) is 36.1 Å². The van der Waals surface area contributed by atoms with E-state index in [2.05, 4.69) is 31.0 Å². The molecule has 0 radical (unpaired) electrons. The maximum Gasteiger partial charge on any atom is 0.00966 e. The van der Waals surface area contributed by atoms with Crippen LogP contribution in [-0.2, 0) is 0 Å². The maximum atomic E-state index is 3.66. The van der Waals surface area contributed by atoms with Gasteiger partial charge in [0.05, 0.1) is 0 Å². The fraction of sp³-hybridized carbons (Fsp3) is 1.00. The molecule has 0 aromatic rings. The molecule has 0 bridgehead atoms. The molecule has 0 spiro atoms. The first-order chi connectivity index (χ1) is 8.04. The molecule has 2 nitrogen and oxygen atoms in total. The van der Waals surface area contributed by atoms with Gasteiger partial charge in [0.15, 0.2) is 0 Å². The Hall–Kier alpha value is -0.0800. The maximum absolute atomic E-state index is 3.66. The highest BCUT2D eigenvalue weighted by atomic mass is 15.2. The lowest BCUT2D eigenvalue weighted by Gasteiger charge is -2.31. The zero-order valence-corrected chi connectivity index (χ0v) is 12.0. The van der Waals surface area contributed by atoms with E-state index in [1.807, 2.05) is 0 Å². The van der Waals surface area contributed by atoms with Crippen molar-refractivity contribution in [2.24, 2.45) is 5.92 Å². The van der Waals surface area contributed by atoms with Crippen molar-refractivity contribution >= 4 is 0 Å². The molecule has 1 aliphatic heterocycles. The van der Waals surface area contributed by atoms with Gasteiger partial charge in [-0.05, 0) is 59.0 Å². The van der Waals surface area contributed by atoms with Crippen LogP contribution in [0.1, 0.15) is 59.3 Å². The van der Waals surface area contributed by atoms with Crippen molar-refractivity contribution in [3.05, 3.63) is 0 Å². The molecule has 2 rings (SSSR count). The van der Waals surface area contributed by atoms with E-state index in [9.17, 15) is 0 Å². The van der Waals surface area contributed by atoms with Crippen molar-refractivity contribution in [2.45, 2.75) is 70.9 Å². The molecule has 1 heterocycles. The summed E-state index contributed by atoms with van der Waals surface area (Å²) in [6, 6.07) is 0.920. The van der Waals surface area contributed by atoms with Gasteiger partial charge in [0.1, 0.15) is 0 Å². The summed E-state index contributed by atoms with van der Waals surface area (Å²) in [5.74, 6) is 0.885. The summed E-state index contributed by atoms with van der Waals surface area (Å²) in [6.07, 6.45) is 8.72. The van der Waals surface area contributed by atoms with Crippen LogP contribution in [0.4, 0.5) is 0 Å². The first kappa shape index (κ1) is 13.4. The van der Waals surface area contributed by atoms with E-state index in [0.29, 0.717) is 0 Å². The molecule has 2 heteroatoms. The predicted octanol–water partition coefficient (Wildman–Crippen LogP) is 3.03. The molecule has 0 amide bonds. The number of nitrogens with zero attached hydrogens (tertiary/aromatic N) is 1. The van der Waals surface area contributed by atoms with Gasteiger partial charge in [0, 0.05) is 18.1 Å². The minimum Gasteiger partial charge on any atom is -0.312 e. The first-order valence-electron chi connectivity index (χ1n) is 7.54. The molecule has 1 aliphatic carbocycles. The molecule has 1 saturated carbocycles. The Morgan fingerprint density at radius 1 is 1.06 bits per heavy atom. The monoisotopic (exact) mass is 238 g/mol. The second-order valence-electron chi connectivity index (χ2n) is 7.07. The minimum absolute atomic E-state index is 0.276. The van der Waals surface area contributed by atoms with Crippen molar-refractivity contribution < 1.29 is 0 Å². The highest BCUT2D eigenvalue weighted by Crippen LogP contribution is 2.27. The third-order valence-corrected chi connectivity index (χ3v) is 4.33.